The number of hydrogen-bond acceptors (Lipinski definition) is 4. The molecule has 0 atom stereocenters. The lowest BCUT2D eigenvalue weighted by molar-refractivity contribution is -0.120. The molecule has 1 aromatic carbocycles. The van der Waals surface area contributed by atoms with Crippen molar-refractivity contribution in [3.8, 4) is 0 Å². The van der Waals surface area contributed by atoms with E-state index in [1.165, 1.54) is 4.57 Å². The molecule has 1 amide bonds. The van der Waals surface area contributed by atoms with Gasteiger partial charge in [0.1, 0.15) is 0 Å². The smallest absolute Gasteiger partial charge is 0.408 e. The van der Waals surface area contributed by atoms with Gasteiger partial charge in [0.15, 0.2) is 5.58 Å². The van der Waals surface area contributed by atoms with Crippen molar-refractivity contribution in [1.82, 2.24) is 4.57 Å². The lowest BCUT2D eigenvalue weighted by Crippen LogP contribution is -2.45. The Hall–Kier alpha value is -2.08. The highest BCUT2D eigenvalue weighted by Crippen LogP contribution is 2.18. The van der Waals surface area contributed by atoms with E-state index in [9.17, 15) is 9.59 Å². The van der Waals surface area contributed by atoms with E-state index < -0.39 is 11.3 Å². The van der Waals surface area contributed by atoms with Crippen LogP contribution in [-0.4, -0.2) is 16.0 Å². The fourth-order valence-corrected chi connectivity index (χ4v) is 1.50. The Morgan fingerprint density at radius 2 is 2.11 bits per heavy atom. The second kappa shape index (κ2) is 3.99. The number of fused-ring (bicyclic) bond motifs is 1. The predicted molar refractivity (Wildman–Crippen MR) is 68.4 cm³/mol. The van der Waals surface area contributed by atoms with Crippen LogP contribution in [0.2, 0.25) is 0 Å². The first-order valence-electron chi connectivity index (χ1n) is 5.49. The highest BCUT2D eigenvalue weighted by atomic mass is 16.4. The number of rotatable bonds is 2. The topological polar surface area (TPSA) is 90.3 Å². The highest BCUT2D eigenvalue weighted by molar-refractivity contribution is 5.98. The number of oxazole rings is 1. The van der Waals surface area contributed by atoms with Crippen molar-refractivity contribution in [2.45, 2.75) is 19.4 Å². The van der Waals surface area contributed by atoms with Crippen molar-refractivity contribution >= 4 is 22.7 Å². The zero-order valence-electron chi connectivity index (χ0n) is 10.5. The minimum absolute atomic E-state index is 0.296. The quantitative estimate of drug-likeness (QED) is 0.824. The number of carbonyl (C=O) groups is 1. The molecule has 0 saturated heterocycles. The van der Waals surface area contributed by atoms with Crippen LogP contribution in [0.3, 0.4) is 0 Å². The van der Waals surface area contributed by atoms with Crippen LogP contribution in [0.4, 0.5) is 5.69 Å². The van der Waals surface area contributed by atoms with Gasteiger partial charge in [0.2, 0.25) is 5.91 Å². The van der Waals surface area contributed by atoms with Crippen LogP contribution < -0.4 is 16.8 Å². The van der Waals surface area contributed by atoms with Gasteiger partial charge >= 0.3 is 5.76 Å². The van der Waals surface area contributed by atoms with Crippen molar-refractivity contribution in [1.29, 1.82) is 0 Å². The van der Waals surface area contributed by atoms with Crippen LogP contribution >= 0.6 is 0 Å². The largest absolute Gasteiger partial charge is 0.419 e. The van der Waals surface area contributed by atoms with Gasteiger partial charge in [-0.2, -0.15) is 0 Å². The maximum absolute atomic E-state index is 11.7. The van der Waals surface area contributed by atoms with E-state index in [2.05, 4.69) is 5.32 Å². The Morgan fingerprint density at radius 3 is 2.72 bits per heavy atom. The van der Waals surface area contributed by atoms with Crippen molar-refractivity contribution < 1.29 is 9.21 Å². The molecule has 0 saturated carbocycles. The van der Waals surface area contributed by atoms with Gasteiger partial charge in [-0.3, -0.25) is 9.36 Å². The minimum Gasteiger partial charge on any atom is -0.408 e. The molecule has 18 heavy (non-hydrogen) atoms. The molecule has 0 unspecified atom stereocenters. The molecular formula is C12H15N3O3. The Labute approximate surface area is 103 Å². The Balaban J connectivity index is 2.39. The molecule has 1 heterocycles. The third kappa shape index (κ3) is 2.14. The van der Waals surface area contributed by atoms with E-state index in [1.54, 1.807) is 39.1 Å². The Kier molecular flexibility index (Phi) is 2.74. The van der Waals surface area contributed by atoms with Crippen LogP contribution in [0, 0.1) is 0 Å². The Morgan fingerprint density at radius 1 is 1.44 bits per heavy atom. The van der Waals surface area contributed by atoms with Crippen LogP contribution in [0.15, 0.2) is 27.4 Å². The molecule has 0 fully saturated rings. The first kappa shape index (κ1) is 12.4. The standard InChI is InChI=1S/C12H15N3O3/c1-12(2,13)10(16)14-7-4-5-9-8(6-7)15(3)11(17)18-9/h4-6H,13H2,1-3H3,(H,14,16). The first-order chi connectivity index (χ1) is 8.29. The molecule has 0 aliphatic rings. The summed E-state index contributed by atoms with van der Waals surface area (Å²) < 4.78 is 6.37. The molecule has 96 valence electrons. The average molecular weight is 249 g/mol. The molecule has 0 spiro atoms. The average Bonchev–Trinajstić information content (AvgIpc) is 2.54. The molecule has 0 radical (unpaired) electrons. The minimum atomic E-state index is -0.961. The molecule has 0 aliphatic carbocycles. The fraction of sp³-hybridized carbons (Fsp3) is 0.333. The van der Waals surface area contributed by atoms with Crippen LogP contribution in [0.25, 0.3) is 11.1 Å². The summed E-state index contributed by atoms with van der Waals surface area (Å²) in [6.07, 6.45) is 0. The normalized spacial score (nSPS) is 11.8. The molecule has 1 aromatic heterocycles. The van der Waals surface area contributed by atoms with Gasteiger partial charge in [-0.25, -0.2) is 4.79 Å². The molecule has 0 aliphatic heterocycles. The summed E-state index contributed by atoms with van der Waals surface area (Å²) in [5.74, 6) is -0.733. The number of benzene rings is 1. The van der Waals surface area contributed by atoms with Gasteiger partial charge < -0.3 is 15.5 Å². The lowest BCUT2D eigenvalue weighted by atomic mass is 10.1. The molecule has 3 N–H and O–H groups in total. The maximum atomic E-state index is 11.7. The number of aromatic nitrogens is 1. The molecule has 0 bridgehead atoms. The zero-order valence-corrected chi connectivity index (χ0v) is 10.5. The van der Waals surface area contributed by atoms with Crippen LogP contribution in [0.5, 0.6) is 0 Å². The van der Waals surface area contributed by atoms with E-state index in [-0.39, 0.29) is 5.91 Å². The third-order valence-electron chi connectivity index (χ3n) is 2.63. The number of amides is 1. The molecule has 2 aromatic rings. The molecule has 6 heteroatoms. The summed E-state index contributed by atoms with van der Waals surface area (Å²) in [5.41, 5.74) is 6.40. The number of nitrogens with two attached hydrogens (primary N) is 1. The van der Waals surface area contributed by atoms with Gasteiger partial charge in [-0.15, -0.1) is 0 Å². The van der Waals surface area contributed by atoms with Crippen molar-refractivity contribution in [2.24, 2.45) is 12.8 Å². The SMILES string of the molecule is Cn1c(=O)oc2ccc(NC(=O)C(C)(C)N)cc21. The van der Waals surface area contributed by atoms with Crippen molar-refractivity contribution in [2.75, 3.05) is 5.32 Å². The number of carbonyl (C=O) groups excluding carboxylic acids is 1. The number of nitrogens with one attached hydrogen (secondary N) is 1. The summed E-state index contributed by atoms with van der Waals surface area (Å²) >= 11 is 0. The van der Waals surface area contributed by atoms with E-state index in [4.69, 9.17) is 10.2 Å². The summed E-state index contributed by atoms with van der Waals surface area (Å²) in [6.45, 7) is 3.24. The lowest BCUT2D eigenvalue weighted by Gasteiger charge is -2.17. The summed E-state index contributed by atoms with van der Waals surface area (Å²) in [5, 5.41) is 2.69. The van der Waals surface area contributed by atoms with Gasteiger partial charge in [-0.1, -0.05) is 0 Å². The molecular weight excluding hydrogens is 234 g/mol. The molecule has 2 rings (SSSR count). The van der Waals surface area contributed by atoms with Gasteiger partial charge in [0.05, 0.1) is 11.1 Å². The van der Waals surface area contributed by atoms with Crippen LogP contribution in [-0.2, 0) is 11.8 Å². The third-order valence-corrected chi connectivity index (χ3v) is 2.63. The highest BCUT2D eigenvalue weighted by Gasteiger charge is 2.22. The number of aryl methyl sites for hydroxylation is 1. The van der Waals surface area contributed by atoms with Crippen LogP contribution in [0.1, 0.15) is 13.8 Å². The monoisotopic (exact) mass is 249 g/mol. The predicted octanol–water partition coefficient (Wildman–Crippen LogP) is 0.807. The second-order valence-corrected chi connectivity index (χ2v) is 4.79. The zero-order chi connectivity index (χ0) is 13.5. The van der Waals surface area contributed by atoms with Gasteiger partial charge in [0.25, 0.3) is 0 Å². The fourth-order valence-electron chi connectivity index (χ4n) is 1.50. The summed E-state index contributed by atoms with van der Waals surface area (Å²) in [7, 11) is 1.60. The number of hydrogen-bond donors (Lipinski definition) is 2. The first-order valence-corrected chi connectivity index (χ1v) is 5.49. The Bertz CT molecular complexity index is 661. The van der Waals surface area contributed by atoms with Gasteiger partial charge in [0, 0.05) is 12.7 Å². The van der Waals surface area contributed by atoms with Crippen molar-refractivity contribution in [3.05, 3.63) is 28.7 Å². The van der Waals surface area contributed by atoms with E-state index in [0.717, 1.165) is 0 Å². The summed E-state index contributed by atoms with van der Waals surface area (Å²) in [4.78, 5) is 23.1. The molecule has 6 nitrogen and oxygen atoms in total. The maximum Gasteiger partial charge on any atom is 0.419 e. The van der Waals surface area contributed by atoms with E-state index in [1.807, 2.05) is 0 Å². The van der Waals surface area contributed by atoms with Crippen molar-refractivity contribution in [3.63, 3.8) is 0 Å². The number of nitrogens with zero attached hydrogens (tertiary/aromatic N) is 1. The summed E-state index contributed by atoms with van der Waals surface area (Å²) in [6, 6.07) is 4.97. The van der Waals surface area contributed by atoms with E-state index in [0.29, 0.717) is 16.8 Å². The number of anilines is 1. The van der Waals surface area contributed by atoms with Gasteiger partial charge in [-0.05, 0) is 32.0 Å². The second-order valence-electron chi connectivity index (χ2n) is 4.79. The van der Waals surface area contributed by atoms with E-state index >= 15 is 0 Å².